The monoisotopic (exact) mass is 391 g/mol. The molecule has 0 N–H and O–H groups in total. The number of halogens is 3. The molecule has 1 saturated heterocycles. The number of hydrogen-bond acceptors (Lipinski definition) is 3. The highest BCUT2D eigenvalue weighted by molar-refractivity contribution is 5.98. The van der Waals surface area contributed by atoms with Crippen LogP contribution in [0.5, 0.6) is 0 Å². The van der Waals surface area contributed by atoms with Crippen molar-refractivity contribution in [2.24, 2.45) is 0 Å². The lowest BCUT2D eigenvalue weighted by Gasteiger charge is -2.36. The van der Waals surface area contributed by atoms with Gasteiger partial charge in [0.05, 0.1) is 5.56 Å². The van der Waals surface area contributed by atoms with Crippen LogP contribution in [0.1, 0.15) is 34.5 Å². The van der Waals surface area contributed by atoms with Crippen molar-refractivity contribution in [3.05, 3.63) is 53.3 Å². The molecule has 28 heavy (non-hydrogen) atoms. The Hall–Kier alpha value is -2.28. The van der Waals surface area contributed by atoms with Gasteiger partial charge < -0.3 is 9.47 Å². The van der Waals surface area contributed by atoms with Gasteiger partial charge in [0.1, 0.15) is 0 Å². The third kappa shape index (κ3) is 3.94. The average Bonchev–Trinajstić information content (AvgIpc) is 3.11. The van der Waals surface area contributed by atoms with Gasteiger partial charge in [-0.3, -0.25) is 9.69 Å². The summed E-state index contributed by atoms with van der Waals surface area (Å²) in [4.78, 5) is 16.3. The number of anilines is 1. The first-order chi connectivity index (χ1) is 13.4. The van der Waals surface area contributed by atoms with Crippen molar-refractivity contribution in [3.63, 3.8) is 0 Å². The Balaban J connectivity index is 1.32. The zero-order valence-electron chi connectivity index (χ0n) is 15.7. The van der Waals surface area contributed by atoms with E-state index in [4.69, 9.17) is 0 Å². The minimum absolute atomic E-state index is 0.245. The lowest BCUT2D eigenvalue weighted by molar-refractivity contribution is -0.137. The quantitative estimate of drug-likeness (QED) is 0.793. The summed E-state index contributed by atoms with van der Waals surface area (Å²) in [5.74, 6) is 0.245. The smallest absolute Gasteiger partial charge is 0.369 e. The van der Waals surface area contributed by atoms with Gasteiger partial charge in [-0.15, -0.1) is 0 Å². The molecule has 4 nitrogen and oxygen atoms in total. The predicted octanol–water partition coefficient (Wildman–Crippen LogP) is 3.85. The first-order valence-electron chi connectivity index (χ1n) is 9.77. The van der Waals surface area contributed by atoms with Crippen LogP contribution in [0.25, 0.3) is 0 Å². The fourth-order valence-corrected chi connectivity index (χ4v) is 4.16. The SMILES string of the molecule is O=C1CCCc2c1ccn2CCN1CCN(c2cccc(C(F)(F)F)c2)CC1. The van der Waals surface area contributed by atoms with E-state index in [1.54, 1.807) is 6.07 Å². The minimum atomic E-state index is -4.31. The van der Waals surface area contributed by atoms with Crippen molar-refractivity contribution in [1.29, 1.82) is 0 Å². The Morgan fingerprint density at radius 3 is 2.50 bits per heavy atom. The van der Waals surface area contributed by atoms with Gasteiger partial charge in [0.25, 0.3) is 0 Å². The van der Waals surface area contributed by atoms with Crippen molar-refractivity contribution >= 4 is 11.5 Å². The number of piperazine rings is 1. The number of aromatic nitrogens is 1. The molecule has 0 atom stereocenters. The molecule has 0 bridgehead atoms. The number of nitrogens with zero attached hydrogens (tertiary/aromatic N) is 3. The summed E-state index contributed by atoms with van der Waals surface area (Å²) in [6.07, 6.45) is 0.222. The molecule has 0 radical (unpaired) electrons. The molecule has 2 aliphatic rings. The molecule has 1 aliphatic carbocycles. The Morgan fingerprint density at radius 1 is 0.964 bits per heavy atom. The van der Waals surface area contributed by atoms with Crippen molar-refractivity contribution in [1.82, 2.24) is 9.47 Å². The second kappa shape index (κ2) is 7.62. The topological polar surface area (TPSA) is 28.5 Å². The molecule has 1 aromatic carbocycles. The van der Waals surface area contributed by atoms with Crippen molar-refractivity contribution in [2.75, 3.05) is 37.6 Å². The first-order valence-corrected chi connectivity index (χ1v) is 9.77. The summed E-state index contributed by atoms with van der Waals surface area (Å²) in [5.41, 5.74) is 2.06. The maximum absolute atomic E-state index is 12.9. The molecule has 0 unspecified atom stereocenters. The van der Waals surface area contributed by atoms with Crippen molar-refractivity contribution in [2.45, 2.75) is 32.0 Å². The molecule has 150 valence electrons. The van der Waals surface area contributed by atoms with Gasteiger partial charge >= 0.3 is 6.18 Å². The Morgan fingerprint density at radius 2 is 1.75 bits per heavy atom. The van der Waals surface area contributed by atoms with Gasteiger partial charge in [-0.1, -0.05) is 6.07 Å². The van der Waals surface area contributed by atoms with Gasteiger partial charge in [0.2, 0.25) is 0 Å². The molecule has 0 amide bonds. The fourth-order valence-electron chi connectivity index (χ4n) is 4.16. The number of alkyl halides is 3. The van der Waals surface area contributed by atoms with Crippen LogP contribution in [-0.2, 0) is 19.1 Å². The molecule has 0 spiro atoms. The summed E-state index contributed by atoms with van der Waals surface area (Å²) < 4.78 is 41.0. The van der Waals surface area contributed by atoms with Gasteiger partial charge in [-0.25, -0.2) is 0 Å². The Labute approximate surface area is 162 Å². The average molecular weight is 391 g/mol. The standard InChI is InChI=1S/C21H24F3N3O/c22-21(23,24)16-3-1-4-17(15-16)26-12-9-25(10-13-26)11-14-27-8-7-18-19(27)5-2-6-20(18)28/h1,3-4,7-8,15H,2,5-6,9-14H2. The van der Waals surface area contributed by atoms with Crippen LogP contribution in [0.15, 0.2) is 36.5 Å². The number of Topliss-reactive ketones (excluding diaryl/α,β-unsaturated/α-hetero) is 1. The molecule has 1 aromatic heterocycles. The van der Waals surface area contributed by atoms with Gasteiger partial charge in [-0.2, -0.15) is 13.2 Å². The van der Waals surface area contributed by atoms with Crippen LogP contribution in [0, 0.1) is 0 Å². The molecule has 7 heteroatoms. The van der Waals surface area contributed by atoms with E-state index in [-0.39, 0.29) is 5.78 Å². The van der Waals surface area contributed by atoms with Crippen LogP contribution in [0.4, 0.5) is 18.9 Å². The molecule has 4 rings (SSSR count). The largest absolute Gasteiger partial charge is 0.416 e. The van der Waals surface area contributed by atoms with Gasteiger partial charge in [0.15, 0.2) is 5.78 Å². The maximum atomic E-state index is 12.9. The third-order valence-electron chi connectivity index (χ3n) is 5.76. The molecule has 1 fully saturated rings. The minimum Gasteiger partial charge on any atom is -0.369 e. The highest BCUT2D eigenvalue weighted by Crippen LogP contribution is 2.32. The molecule has 1 aliphatic heterocycles. The lowest BCUT2D eigenvalue weighted by Crippen LogP contribution is -2.47. The molecule has 2 heterocycles. The van der Waals surface area contributed by atoms with E-state index < -0.39 is 11.7 Å². The van der Waals surface area contributed by atoms with E-state index in [2.05, 4.69) is 9.47 Å². The number of hydrogen-bond donors (Lipinski definition) is 0. The summed E-state index contributed by atoms with van der Waals surface area (Å²) in [5, 5.41) is 0. The van der Waals surface area contributed by atoms with Gasteiger partial charge in [0, 0.05) is 68.8 Å². The summed E-state index contributed by atoms with van der Waals surface area (Å²) in [6, 6.07) is 7.50. The van der Waals surface area contributed by atoms with Crippen LogP contribution in [0.3, 0.4) is 0 Å². The maximum Gasteiger partial charge on any atom is 0.416 e. The summed E-state index contributed by atoms with van der Waals surface area (Å²) in [7, 11) is 0. The zero-order chi connectivity index (χ0) is 19.7. The first kappa shape index (κ1) is 19.1. The summed E-state index contributed by atoms with van der Waals surface area (Å²) in [6.45, 7) is 4.78. The van der Waals surface area contributed by atoms with Crippen molar-refractivity contribution in [3.8, 4) is 0 Å². The van der Waals surface area contributed by atoms with E-state index in [0.717, 1.165) is 56.3 Å². The van der Waals surface area contributed by atoms with Crippen LogP contribution in [0.2, 0.25) is 0 Å². The van der Waals surface area contributed by atoms with Crippen molar-refractivity contribution < 1.29 is 18.0 Å². The number of benzene rings is 1. The van der Waals surface area contributed by atoms with Crippen LogP contribution in [-0.4, -0.2) is 48.0 Å². The lowest BCUT2D eigenvalue weighted by atomic mass is 9.97. The number of fused-ring (bicyclic) bond motifs is 1. The molecular formula is C21H24F3N3O. The predicted molar refractivity (Wildman–Crippen MR) is 102 cm³/mol. The highest BCUT2D eigenvalue weighted by Gasteiger charge is 2.31. The molecule has 0 saturated carbocycles. The Bertz CT molecular complexity index is 851. The second-order valence-corrected chi connectivity index (χ2v) is 7.52. The fraction of sp³-hybridized carbons (Fsp3) is 0.476. The van der Waals surface area contributed by atoms with Crippen LogP contribution >= 0.6 is 0 Å². The molecule has 2 aromatic rings. The van der Waals surface area contributed by atoms with E-state index in [1.807, 2.05) is 17.2 Å². The zero-order valence-corrected chi connectivity index (χ0v) is 15.7. The number of ketones is 1. The van der Waals surface area contributed by atoms with E-state index >= 15 is 0 Å². The molecular weight excluding hydrogens is 367 g/mol. The normalized spacial score (nSPS) is 18.4. The number of carbonyl (C=O) groups is 1. The van der Waals surface area contributed by atoms with E-state index in [1.165, 1.54) is 12.1 Å². The summed E-state index contributed by atoms with van der Waals surface area (Å²) >= 11 is 0. The third-order valence-corrected chi connectivity index (χ3v) is 5.76. The van der Waals surface area contributed by atoms with Gasteiger partial charge in [-0.05, 0) is 37.1 Å². The number of carbonyl (C=O) groups excluding carboxylic acids is 1. The second-order valence-electron chi connectivity index (χ2n) is 7.52. The van der Waals surface area contributed by atoms with E-state index in [9.17, 15) is 18.0 Å². The van der Waals surface area contributed by atoms with E-state index in [0.29, 0.717) is 25.2 Å². The van der Waals surface area contributed by atoms with Crippen LogP contribution < -0.4 is 4.90 Å². The number of rotatable bonds is 4. The highest BCUT2D eigenvalue weighted by atomic mass is 19.4. The Kier molecular flexibility index (Phi) is 5.19.